The van der Waals surface area contributed by atoms with Gasteiger partial charge in [0.1, 0.15) is 0 Å². The topological polar surface area (TPSA) is 18.5 Å². The van der Waals surface area contributed by atoms with E-state index in [4.69, 9.17) is 9.31 Å². The molecule has 0 fully saturated rings. The van der Waals surface area contributed by atoms with Crippen molar-refractivity contribution in [1.82, 2.24) is 0 Å². The van der Waals surface area contributed by atoms with Crippen molar-refractivity contribution in [3.05, 3.63) is 0 Å². The highest BCUT2D eigenvalue weighted by Crippen LogP contribution is 1.98. The van der Waals surface area contributed by atoms with Crippen molar-refractivity contribution in [3.8, 4) is 0 Å². The van der Waals surface area contributed by atoms with Crippen LogP contribution >= 0.6 is 0 Å². The van der Waals surface area contributed by atoms with Crippen LogP contribution in [0.3, 0.4) is 0 Å². The fourth-order valence-corrected chi connectivity index (χ4v) is 0.799. The van der Waals surface area contributed by atoms with E-state index in [1.165, 1.54) is 0 Å². The lowest BCUT2D eigenvalue weighted by Crippen LogP contribution is -2.25. The highest BCUT2D eigenvalue weighted by Gasteiger charge is 2.12. The Kier molecular flexibility index (Phi) is 4.74. The van der Waals surface area contributed by atoms with Gasteiger partial charge in [-0.25, -0.2) is 0 Å². The Morgan fingerprint density at radius 1 is 0.900 bits per heavy atom. The predicted molar refractivity (Wildman–Crippen MR) is 44.1 cm³/mol. The van der Waals surface area contributed by atoms with Crippen LogP contribution in [0.4, 0.5) is 0 Å². The van der Waals surface area contributed by atoms with Crippen LogP contribution in [0.1, 0.15) is 27.7 Å². The first kappa shape index (κ1) is 9.98. The first-order valence-electron chi connectivity index (χ1n) is 3.83. The van der Waals surface area contributed by atoms with Crippen molar-refractivity contribution >= 4 is 7.12 Å². The van der Waals surface area contributed by atoms with E-state index in [2.05, 4.69) is 0 Å². The summed E-state index contributed by atoms with van der Waals surface area (Å²) < 4.78 is 10.7. The number of rotatable bonds is 4. The van der Waals surface area contributed by atoms with E-state index in [0.717, 1.165) is 0 Å². The SMILES string of the molecule is CB(OC(C)C)OC(C)C. The van der Waals surface area contributed by atoms with Crippen molar-refractivity contribution in [3.63, 3.8) is 0 Å². The Bertz CT molecular complexity index is 73.7. The summed E-state index contributed by atoms with van der Waals surface area (Å²) in [6.07, 6.45) is 0.488. The molecule has 0 N–H and O–H groups in total. The van der Waals surface area contributed by atoms with E-state index < -0.39 is 0 Å². The Morgan fingerprint density at radius 2 is 1.20 bits per heavy atom. The molecule has 0 spiro atoms. The van der Waals surface area contributed by atoms with Crippen molar-refractivity contribution < 1.29 is 9.31 Å². The maximum Gasteiger partial charge on any atom is 0.453 e. The Labute approximate surface area is 64.0 Å². The smallest absolute Gasteiger partial charge is 0.409 e. The lowest BCUT2D eigenvalue weighted by Gasteiger charge is -2.15. The summed E-state index contributed by atoms with van der Waals surface area (Å²) in [5, 5.41) is 0. The van der Waals surface area contributed by atoms with Crippen molar-refractivity contribution in [2.24, 2.45) is 0 Å². The molecule has 0 unspecified atom stereocenters. The van der Waals surface area contributed by atoms with Gasteiger partial charge in [0, 0.05) is 12.2 Å². The Hall–Kier alpha value is -0.0151. The van der Waals surface area contributed by atoms with Gasteiger partial charge in [0.25, 0.3) is 0 Å². The summed E-state index contributed by atoms with van der Waals surface area (Å²) in [5.41, 5.74) is 0. The Balaban J connectivity index is 3.34. The number of hydrogen-bond donors (Lipinski definition) is 0. The van der Waals surface area contributed by atoms with Crippen LogP contribution in [0.25, 0.3) is 0 Å². The average molecular weight is 144 g/mol. The van der Waals surface area contributed by atoms with E-state index in [9.17, 15) is 0 Å². The molecule has 2 nitrogen and oxygen atoms in total. The molecule has 0 aromatic rings. The summed E-state index contributed by atoms with van der Waals surface area (Å²) in [6.45, 7) is 9.92. The standard InChI is InChI=1S/C7H17BO2/c1-6(2)9-8(5)10-7(3)4/h6-7H,1-5H3. The highest BCUT2D eigenvalue weighted by molar-refractivity contribution is 6.42. The summed E-state index contributed by atoms with van der Waals surface area (Å²) in [6, 6.07) is 0. The minimum absolute atomic E-state index is 0.0833. The molecule has 0 rings (SSSR count). The molecule has 0 saturated heterocycles. The lowest BCUT2D eigenvalue weighted by atomic mass is 9.94. The average Bonchev–Trinajstić information content (AvgIpc) is 1.58. The van der Waals surface area contributed by atoms with Gasteiger partial charge in [0.15, 0.2) is 0 Å². The highest BCUT2D eigenvalue weighted by atomic mass is 16.6. The predicted octanol–water partition coefficient (Wildman–Crippen LogP) is 1.95. The molecule has 0 amide bonds. The first-order valence-corrected chi connectivity index (χ1v) is 3.83. The third kappa shape index (κ3) is 6.11. The molecule has 0 aromatic heterocycles. The monoisotopic (exact) mass is 144 g/mol. The summed E-state index contributed by atoms with van der Waals surface area (Å²) in [5.74, 6) is 0. The zero-order valence-electron chi connectivity index (χ0n) is 7.55. The molecule has 0 heterocycles. The summed E-state index contributed by atoms with van der Waals surface area (Å²) in [7, 11) is -0.0833. The van der Waals surface area contributed by atoms with Crippen LogP contribution in [-0.4, -0.2) is 19.3 Å². The quantitative estimate of drug-likeness (QED) is 0.561. The molecular formula is C7H17BO2. The first-order chi connectivity index (χ1) is 4.52. The zero-order chi connectivity index (χ0) is 8.15. The van der Waals surface area contributed by atoms with E-state index in [1.54, 1.807) is 0 Å². The van der Waals surface area contributed by atoms with Crippen LogP contribution in [0.15, 0.2) is 0 Å². The van der Waals surface area contributed by atoms with Gasteiger partial charge in [-0.2, -0.15) is 0 Å². The van der Waals surface area contributed by atoms with Crippen LogP contribution in [0.5, 0.6) is 0 Å². The van der Waals surface area contributed by atoms with Crippen molar-refractivity contribution in [2.75, 3.05) is 0 Å². The maximum absolute atomic E-state index is 5.34. The molecule has 0 radical (unpaired) electrons. The Morgan fingerprint density at radius 3 is 1.40 bits per heavy atom. The molecule has 0 aliphatic rings. The third-order valence-corrected chi connectivity index (χ3v) is 0.928. The van der Waals surface area contributed by atoms with Gasteiger partial charge in [0.2, 0.25) is 0 Å². The van der Waals surface area contributed by atoms with Crippen molar-refractivity contribution in [1.29, 1.82) is 0 Å². The van der Waals surface area contributed by atoms with Gasteiger partial charge < -0.3 is 9.31 Å². The molecule has 10 heavy (non-hydrogen) atoms. The second kappa shape index (κ2) is 4.75. The minimum Gasteiger partial charge on any atom is -0.409 e. The number of hydrogen-bond acceptors (Lipinski definition) is 2. The van der Waals surface area contributed by atoms with Crippen LogP contribution in [0, 0.1) is 0 Å². The normalized spacial score (nSPS) is 11.1. The van der Waals surface area contributed by atoms with Gasteiger partial charge in [0.05, 0.1) is 0 Å². The van der Waals surface area contributed by atoms with E-state index in [-0.39, 0.29) is 19.3 Å². The summed E-state index contributed by atoms with van der Waals surface area (Å²) in [4.78, 5) is 0. The van der Waals surface area contributed by atoms with Crippen molar-refractivity contribution in [2.45, 2.75) is 46.7 Å². The molecule has 0 atom stereocenters. The molecule has 0 aromatic carbocycles. The fourth-order valence-electron chi connectivity index (χ4n) is 0.799. The second-order valence-electron chi connectivity index (χ2n) is 2.94. The maximum atomic E-state index is 5.34. The second-order valence-corrected chi connectivity index (χ2v) is 2.94. The zero-order valence-corrected chi connectivity index (χ0v) is 7.55. The van der Waals surface area contributed by atoms with Gasteiger partial charge in [-0.3, -0.25) is 0 Å². The molecule has 60 valence electrons. The molecule has 0 saturated carbocycles. The van der Waals surface area contributed by atoms with Gasteiger partial charge in [-0.1, -0.05) is 0 Å². The molecule has 0 aliphatic carbocycles. The van der Waals surface area contributed by atoms with E-state index in [0.29, 0.717) is 0 Å². The van der Waals surface area contributed by atoms with Crippen LogP contribution in [-0.2, 0) is 9.31 Å². The van der Waals surface area contributed by atoms with Crippen LogP contribution in [0.2, 0.25) is 6.82 Å². The molecule has 0 aliphatic heterocycles. The molecule has 3 heteroatoms. The van der Waals surface area contributed by atoms with Gasteiger partial charge >= 0.3 is 7.12 Å². The fraction of sp³-hybridized carbons (Fsp3) is 1.00. The van der Waals surface area contributed by atoms with E-state index >= 15 is 0 Å². The minimum atomic E-state index is -0.0833. The van der Waals surface area contributed by atoms with Gasteiger partial charge in [-0.15, -0.1) is 0 Å². The largest absolute Gasteiger partial charge is 0.453 e. The van der Waals surface area contributed by atoms with Gasteiger partial charge in [-0.05, 0) is 34.5 Å². The van der Waals surface area contributed by atoms with E-state index in [1.807, 2.05) is 34.5 Å². The third-order valence-electron chi connectivity index (χ3n) is 0.928. The molecular weight excluding hydrogens is 127 g/mol. The molecule has 0 bridgehead atoms. The van der Waals surface area contributed by atoms with Crippen LogP contribution < -0.4 is 0 Å². The lowest BCUT2D eigenvalue weighted by molar-refractivity contribution is 0.134. The summed E-state index contributed by atoms with van der Waals surface area (Å²) >= 11 is 0.